The Bertz CT molecular complexity index is 333. The predicted octanol–water partition coefficient (Wildman–Crippen LogP) is -1.12. The second kappa shape index (κ2) is 3.77. The van der Waals surface area contributed by atoms with E-state index in [-0.39, 0.29) is 19.3 Å². The highest BCUT2D eigenvalue weighted by Crippen LogP contribution is 2.39. The average molecular weight is 247 g/mol. The van der Waals surface area contributed by atoms with Gasteiger partial charge in [-0.2, -0.15) is 0 Å². The Morgan fingerprint density at radius 3 is 2.82 bits per heavy atom. The van der Waals surface area contributed by atoms with Gasteiger partial charge < -0.3 is 24.2 Å². The van der Waals surface area contributed by atoms with Crippen LogP contribution in [0, 0.1) is 10.1 Å². The number of aliphatic hydroxyl groups is 1. The molecule has 8 heteroatoms. The van der Waals surface area contributed by atoms with Crippen molar-refractivity contribution in [2.45, 2.75) is 36.4 Å². The zero-order valence-corrected chi connectivity index (χ0v) is 8.98. The first-order valence-electron chi connectivity index (χ1n) is 5.47. The Kier molecular flexibility index (Phi) is 2.47. The summed E-state index contributed by atoms with van der Waals surface area (Å²) in [5, 5.41) is 19.8. The van der Waals surface area contributed by atoms with Crippen molar-refractivity contribution in [2.75, 3.05) is 19.8 Å². The number of ether oxygens (including phenoxy) is 3. The van der Waals surface area contributed by atoms with Crippen LogP contribution in [0.3, 0.4) is 0 Å². The van der Waals surface area contributed by atoms with Gasteiger partial charge in [-0.15, -0.1) is 10.1 Å². The van der Waals surface area contributed by atoms with Crippen molar-refractivity contribution < 1.29 is 29.2 Å². The molecule has 3 fully saturated rings. The van der Waals surface area contributed by atoms with Gasteiger partial charge in [-0.1, -0.05) is 0 Å². The molecule has 0 aliphatic carbocycles. The molecule has 0 radical (unpaired) electrons. The third kappa shape index (κ3) is 1.97. The minimum atomic E-state index is -1.12. The molecule has 5 atom stereocenters. The number of epoxide rings is 1. The molecule has 3 heterocycles. The molecule has 8 nitrogen and oxygen atoms in total. The molecule has 3 saturated heterocycles. The van der Waals surface area contributed by atoms with Gasteiger partial charge in [0.15, 0.2) is 6.10 Å². The summed E-state index contributed by atoms with van der Waals surface area (Å²) in [5.41, 5.74) is -1.12. The highest BCUT2D eigenvalue weighted by molar-refractivity contribution is 5.05. The van der Waals surface area contributed by atoms with Gasteiger partial charge in [0.1, 0.15) is 17.8 Å². The SMILES string of the molecule is O=[N+]([O-])O[C@@H]1CO[C@H]2[C@@H]1OC[C@@]2(O)CC1CO1. The first kappa shape index (κ1) is 11.1. The molecule has 3 aliphatic rings. The largest absolute Gasteiger partial charge is 0.385 e. The van der Waals surface area contributed by atoms with E-state index >= 15 is 0 Å². The van der Waals surface area contributed by atoms with Gasteiger partial charge in [0.2, 0.25) is 0 Å². The molecule has 0 amide bonds. The molecule has 1 unspecified atom stereocenters. The number of hydrogen-bond donors (Lipinski definition) is 1. The van der Waals surface area contributed by atoms with E-state index in [1.54, 1.807) is 0 Å². The maximum atomic E-state index is 10.4. The van der Waals surface area contributed by atoms with Gasteiger partial charge in [-0.25, -0.2) is 0 Å². The molecule has 0 bridgehead atoms. The van der Waals surface area contributed by atoms with Gasteiger partial charge >= 0.3 is 0 Å². The summed E-state index contributed by atoms with van der Waals surface area (Å²) in [6.07, 6.45) is -1.44. The van der Waals surface area contributed by atoms with E-state index in [0.29, 0.717) is 13.0 Å². The quantitative estimate of drug-likeness (QED) is 0.381. The zero-order chi connectivity index (χ0) is 12.0. The molecule has 0 aromatic heterocycles. The van der Waals surface area contributed by atoms with Crippen molar-refractivity contribution in [3.05, 3.63) is 10.1 Å². The number of fused-ring (bicyclic) bond motifs is 1. The van der Waals surface area contributed by atoms with Crippen molar-refractivity contribution in [3.63, 3.8) is 0 Å². The number of nitrogens with zero attached hydrogens (tertiary/aromatic N) is 1. The number of hydrogen-bond acceptors (Lipinski definition) is 7. The Morgan fingerprint density at radius 2 is 2.18 bits per heavy atom. The Morgan fingerprint density at radius 1 is 1.41 bits per heavy atom. The van der Waals surface area contributed by atoms with E-state index in [4.69, 9.17) is 14.2 Å². The van der Waals surface area contributed by atoms with Crippen molar-refractivity contribution in [3.8, 4) is 0 Å². The smallest absolute Gasteiger partial charge is 0.294 e. The van der Waals surface area contributed by atoms with Crippen molar-refractivity contribution in [1.82, 2.24) is 0 Å². The molecule has 3 rings (SSSR count). The summed E-state index contributed by atoms with van der Waals surface area (Å²) in [5.74, 6) is 0. The topological polar surface area (TPSA) is 104 Å². The summed E-state index contributed by atoms with van der Waals surface area (Å²) < 4.78 is 15.8. The van der Waals surface area contributed by atoms with Crippen LogP contribution in [0.2, 0.25) is 0 Å². The molecular weight excluding hydrogens is 234 g/mol. The van der Waals surface area contributed by atoms with Crippen molar-refractivity contribution >= 4 is 0 Å². The molecule has 96 valence electrons. The summed E-state index contributed by atoms with van der Waals surface area (Å²) in [6.45, 7) is 0.790. The van der Waals surface area contributed by atoms with Crippen LogP contribution in [0.15, 0.2) is 0 Å². The first-order chi connectivity index (χ1) is 8.08. The van der Waals surface area contributed by atoms with E-state index < -0.39 is 29.0 Å². The third-order valence-electron chi connectivity index (χ3n) is 3.37. The molecule has 0 saturated carbocycles. The van der Waals surface area contributed by atoms with Gasteiger partial charge in [0.05, 0.1) is 25.9 Å². The van der Waals surface area contributed by atoms with Gasteiger partial charge in [-0.05, 0) is 0 Å². The summed E-state index contributed by atoms with van der Waals surface area (Å²) >= 11 is 0. The second-order valence-corrected chi connectivity index (χ2v) is 4.66. The number of rotatable bonds is 4. The van der Waals surface area contributed by atoms with E-state index in [0.717, 1.165) is 0 Å². The highest BCUT2D eigenvalue weighted by atomic mass is 17.0. The molecular formula is C9H13NO7. The standard InChI is InChI=1S/C9H13NO7/c11-9(1-5-2-14-5)4-16-7-6(17-10(12)13)3-15-8(7)9/h5-8,11H,1-4H2/t5?,6-,7-,8+,9+/m1/s1. The van der Waals surface area contributed by atoms with Gasteiger partial charge in [0, 0.05) is 6.42 Å². The Labute approximate surface area is 96.5 Å². The lowest BCUT2D eigenvalue weighted by Crippen LogP contribution is -2.45. The molecule has 1 N–H and O–H groups in total. The van der Waals surface area contributed by atoms with Gasteiger partial charge in [-0.3, -0.25) is 0 Å². The van der Waals surface area contributed by atoms with E-state index in [9.17, 15) is 15.2 Å². The van der Waals surface area contributed by atoms with Gasteiger partial charge in [0.25, 0.3) is 5.09 Å². The summed E-state index contributed by atoms with van der Waals surface area (Å²) in [4.78, 5) is 14.8. The normalized spacial score (nSPS) is 47.8. The van der Waals surface area contributed by atoms with E-state index in [2.05, 4.69) is 4.84 Å². The summed E-state index contributed by atoms with van der Waals surface area (Å²) in [7, 11) is 0. The van der Waals surface area contributed by atoms with Crippen LogP contribution in [0.1, 0.15) is 6.42 Å². The fourth-order valence-corrected chi connectivity index (χ4v) is 2.52. The van der Waals surface area contributed by atoms with Crippen molar-refractivity contribution in [1.29, 1.82) is 0 Å². The molecule has 17 heavy (non-hydrogen) atoms. The lowest BCUT2D eigenvalue weighted by Gasteiger charge is -2.25. The van der Waals surface area contributed by atoms with Crippen LogP contribution in [-0.4, -0.2) is 60.0 Å². The third-order valence-corrected chi connectivity index (χ3v) is 3.37. The molecule has 0 spiro atoms. The molecule has 0 aromatic carbocycles. The first-order valence-corrected chi connectivity index (χ1v) is 5.47. The average Bonchev–Trinajstić information content (AvgIpc) is 2.86. The minimum absolute atomic E-state index is 0.0430. The zero-order valence-electron chi connectivity index (χ0n) is 8.98. The fraction of sp³-hybridized carbons (Fsp3) is 1.00. The van der Waals surface area contributed by atoms with Crippen LogP contribution in [0.4, 0.5) is 0 Å². The minimum Gasteiger partial charge on any atom is -0.385 e. The fourth-order valence-electron chi connectivity index (χ4n) is 2.52. The van der Waals surface area contributed by atoms with Crippen LogP contribution < -0.4 is 0 Å². The Hall–Kier alpha value is -0.960. The molecule has 3 aliphatic heterocycles. The van der Waals surface area contributed by atoms with Crippen LogP contribution in [-0.2, 0) is 19.0 Å². The molecule has 0 aromatic rings. The highest BCUT2D eigenvalue weighted by Gasteiger charge is 2.58. The maximum absolute atomic E-state index is 10.4. The maximum Gasteiger partial charge on any atom is 0.294 e. The monoisotopic (exact) mass is 247 g/mol. The van der Waals surface area contributed by atoms with Crippen molar-refractivity contribution in [2.24, 2.45) is 0 Å². The van der Waals surface area contributed by atoms with E-state index in [1.807, 2.05) is 0 Å². The van der Waals surface area contributed by atoms with Crippen LogP contribution >= 0.6 is 0 Å². The predicted molar refractivity (Wildman–Crippen MR) is 50.7 cm³/mol. The van der Waals surface area contributed by atoms with E-state index in [1.165, 1.54) is 0 Å². The second-order valence-electron chi connectivity index (χ2n) is 4.66. The lowest BCUT2D eigenvalue weighted by molar-refractivity contribution is -0.769. The summed E-state index contributed by atoms with van der Waals surface area (Å²) in [6, 6.07) is 0. The van der Waals surface area contributed by atoms with Crippen LogP contribution in [0.5, 0.6) is 0 Å². The Balaban J connectivity index is 1.67. The lowest BCUT2D eigenvalue weighted by atomic mass is 9.91. The van der Waals surface area contributed by atoms with Crippen LogP contribution in [0.25, 0.3) is 0 Å².